The Balaban J connectivity index is 3.99. The first-order valence-corrected chi connectivity index (χ1v) is 8.72. The zero-order valence-corrected chi connectivity index (χ0v) is 15.0. The van der Waals surface area contributed by atoms with Crippen LogP contribution in [0.15, 0.2) is 36.0 Å². The standard InChI is InChI=1S/C20H37N/c1-6-8-9-10-11-17-21(16-7-2)18-15-20(5)14-12-13-19(3)4/h7,13,15H,2,6,8-12,14,16-18H2,1,3-5H3/b20-15+. The molecule has 0 aliphatic carbocycles. The molecule has 0 aliphatic rings. The minimum absolute atomic E-state index is 1.01. The SMILES string of the molecule is C=CCN(C/C=C(\C)CCC=C(C)C)CCCCCCC. The second-order valence-electron chi connectivity index (χ2n) is 6.33. The molecule has 0 heterocycles. The van der Waals surface area contributed by atoms with E-state index in [2.05, 4.69) is 51.3 Å². The maximum absolute atomic E-state index is 3.88. The highest BCUT2D eigenvalue weighted by molar-refractivity contribution is 5.03. The molecule has 21 heavy (non-hydrogen) atoms. The highest BCUT2D eigenvalue weighted by Crippen LogP contribution is 2.08. The average molecular weight is 292 g/mol. The van der Waals surface area contributed by atoms with Gasteiger partial charge in [0.15, 0.2) is 0 Å². The van der Waals surface area contributed by atoms with Crippen LogP contribution in [0.2, 0.25) is 0 Å². The lowest BCUT2D eigenvalue weighted by Gasteiger charge is -2.19. The summed E-state index contributed by atoms with van der Waals surface area (Å²) in [4.78, 5) is 2.50. The van der Waals surface area contributed by atoms with Gasteiger partial charge < -0.3 is 0 Å². The first-order valence-electron chi connectivity index (χ1n) is 8.72. The van der Waals surface area contributed by atoms with E-state index in [1.807, 2.05) is 6.08 Å². The molecule has 0 aliphatic heterocycles. The van der Waals surface area contributed by atoms with Crippen LogP contribution in [0.5, 0.6) is 0 Å². The fourth-order valence-corrected chi connectivity index (χ4v) is 2.35. The van der Waals surface area contributed by atoms with Gasteiger partial charge in [-0.2, -0.15) is 0 Å². The van der Waals surface area contributed by atoms with Crippen molar-refractivity contribution in [2.45, 2.75) is 72.6 Å². The predicted octanol–water partition coefficient (Wildman–Crippen LogP) is 6.14. The van der Waals surface area contributed by atoms with E-state index in [-0.39, 0.29) is 0 Å². The van der Waals surface area contributed by atoms with Crippen LogP contribution in [-0.2, 0) is 0 Å². The Labute approximate surface area is 133 Å². The van der Waals surface area contributed by atoms with E-state index >= 15 is 0 Å². The summed E-state index contributed by atoms with van der Waals surface area (Å²) in [6.45, 7) is 16.0. The molecule has 0 rings (SSSR count). The Morgan fingerprint density at radius 2 is 1.67 bits per heavy atom. The molecule has 0 aromatic rings. The van der Waals surface area contributed by atoms with Crippen molar-refractivity contribution < 1.29 is 0 Å². The summed E-state index contributed by atoms with van der Waals surface area (Å²) in [7, 11) is 0. The molecular weight excluding hydrogens is 254 g/mol. The minimum Gasteiger partial charge on any atom is -0.296 e. The van der Waals surface area contributed by atoms with Crippen LogP contribution in [0.1, 0.15) is 72.6 Å². The van der Waals surface area contributed by atoms with Crippen LogP contribution in [-0.4, -0.2) is 24.5 Å². The second-order valence-corrected chi connectivity index (χ2v) is 6.33. The lowest BCUT2D eigenvalue weighted by molar-refractivity contribution is 0.323. The molecule has 0 spiro atoms. The topological polar surface area (TPSA) is 3.24 Å². The molecule has 1 nitrogen and oxygen atoms in total. The van der Waals surface area contributed by atoms with E-state index in [0.29, 0.717) is 0 Å². The second kappa shape index (κ2) is 14.1. The smallest absolute Gasteiger partial charge is 0.0169 e. The minimum atomic E-state index is 1.01. The Hall–Kier alpha value is -0.820. The van der Waals surface area contributed by atoms with Gasteiger partial charge in [-0.15, -0.1) is 6.58 Å². The van der Waals surface area contributed by atoms with Gasteiger partial charge in [-0.3, -0.25) is 4.90 Å². The van der Waals surface area contributed by atoms with Gasteiger partial charge in [0.25, 0.3) is 0 Å². The summed E-state index contributed by atoms with van der Waals surface area (Å²) in [6, 6.07) is 0. The zero-order valence-electron chi connectivity index (χ0n) is 15.0. The van der Waals surface area contributed by atoms with E-state index in [1.54, 1.807) is 0 Å². The van der Waals surface area contributed by atoms with Crippen molar-refractivity contribution >= 4 is 0 Å². The van der Waals surface area contributed by atoms with E-state index in [4.69, 9.17) is 0 Å². The van der Waals surface area contributed by atoms with Crippen LogP contribution in [0.4, 0.5) is 0 Å². The van der Waals surface area contributed by atoms with Gasteiger partial charge in [-0.05, 0) is 46.6 Å². The maximum atomic E-state index is 3.88. The van der Waals surface area contributed by atoms with Crippen molar-refractivity contribution in [2.75, 3.05) is 19.6 Å². The van der Waals surface area contributed by atoms with Crippen LogP contribution in [0.3, 0.4) is 0 Å². The third-order valence-electron chi connectivity index (χ3n) is 3.75. The van der Waals surface area contributed by atoms with Crippen molar-refractivity contribution in [2.24, 2.45) is 0 Å². The van der Waals surface area contributed by atoms with Gasteiger partial charge >= 0.3 is 0 Å². The summed E-state index contributed by atoms with van der Waals surface area (Å²) in [5.41, 5.74) is 2.93. The summed E-state index contributed by atoms with van der Waals surface area (Å²) < 4.78 is 0. The molecule has 0 unspecified atom stereocenters. The summed E-state index contributed by atoms with van der Waals surface area (Å²) in [5, 5.41) is 0. The number of nitrogens with zero attached hydrogens (tertiary/aromatic N) is 1. The average Bonchev–Trinajstić information content (AvgIpc) is 2.44. The molecule has 0 N–H and O–H groups in total. The lowest BCUT2D eigenvalue weighted by atomic mass is 10.1. The van der Waals surface area contributed by atoms with E-state index in [0.717, 1.165) is 13.1 Å². The van der Waals surface area contributed by atoms with Gasteiger partial charge in [0.1, 0.15) is 0 Å². The number of unbranched alkanes of at least 4 members (excludes halogenated alkanes) is 4. The quantitative estimate of drug-likeness (QED) is 0.291. The summed E-state index contributed by atoms with van der Waals surface area (Å²) in [6.07, 6.45) is 15.9. The van der Waals surface area contributed by atoms with Crippen molar-refractivity contribution in [3.05, 3.63) is 36.0 Å². The fourth-order valence-electron chi connectivity index (χ4n) is 2.35. The summed E-state index contributed by atoms with van der Waals surface area (Å²) in [5.74, 6) is 0. The number of hydrogen-bond acceptors (Lipinski definition) is 1. The Morgan fingerprint density at radius 1 is 0.952 bits per heavy atom. The highest BCUT2D eigenvalue weighted by Gasteiger charge is 2.01. The normalized spacial score (nSPS) is 11.8. The van der Waals surface area contributed by atoms with E-state index < -0.39 is 0 Å². The van der Waals surface area contributed by atoms with Crippen LogP contribution in [0, 0.1) is 0 Å². The molecule has 0 bridgehead atoms. The van der Waals surface area contributed by atoms with Crippen LogP contribution >= 0.6 is 0 Å². The summed E-state index contributed by atoms with van der Waals surface area (Å²) >= 11 is 0. The van der Waals surface area contributed by atoms with Gasteiger partial charge in [0.2, 0.25) is 0 Å². The van der Waals surface area contributed by atoms with Crippen molar-refractivity contribution in [3.8, 4) is 0 Å². The van der Waals surface area contributed by atoms with Crippen molar-refractivity contribution in [1.82, 2.24) is 4.90 Å². The molecule has 1 heteroatoms. The molecular formula is C20H37N. The Kier molecular flexibility index (Phi) is 13.6. The largest absolute Gasteiger partial charge is 0.296 e. The van der Waals surface area contributed by atoms with Crippen LogP contribution in [0.25, 0.3) is 0 Å². The molecule has 0 atom stereocenters. The lowest BCUT2D eigenvalue weighted by Crippen LogP contribution is -2.25. The number of hydrogen-bond donors (Lipinski definition) is 0. The molecule has 0 fully saturated rings. The van der Waals surface area contributed by atoms with Crippen molar-refractivity contribution in [3.63, 3.8) is 0 Å². The first kappa shape index (κ1) is 20.2. The molecule has 0 aromatic carbocycles. The van der Waals surface area contributed by atoms with Gasteiger partial charge in [0.05, 0.1) is 0 Å². The number of allylic oxidation sites excluding steroid dienone is 3. The van der Waals surface area contributed by atoms with Crippen molar-refractivity contribution in [1.29, 1.82) is 0 Å². The van der Waals surface area contributed by atoms with E-state index in [1.165, 1.54) is 62.6 Å². The van der Waals surface area contributed by atoms with Crippen LogP contribution < -0.4 is 0 Å². The zero-order chi connectivity index (χ0) is 15.9. The Bertz CT molecular complexity index is 308. The first-order chi connectivity index (χ1) is 10.1. The van der Waals surface area contributed by atoms with E-state index in [9.17, 15) is 0 Å². The monoisotopic (exact) mass is 291 g/mol. The molecule has 0 saturated heterocycles. The third-order valence-corrected chi connectivity index (χ3v) is 3.75. The molecule has 122 valence electrons. The molecule has 0 amide bonds. The predicted molar refractivity (Wildman–Crippen MR) is 97.8 cm³/mol. The fraction of sp³-hybridized carbons (Fsp3) is 0.700. The third kappa shape index (κ3) is 13.9. The maximum Gasteiger partial charge on any atom is 0.0169 e. The highest BCUT2D eigenvalue weighted by atomic mass is 15.1. The Morgan fingerprint density at radius 3 is 2.29 bits per heavy atom. The van der Waals surface area contributed by atoms with Gasteiger partial charge in [-0.1, -0.05) is 62.0 Å². The van der Waals surface area contributed by atoms with Gasteiger partial charge in [-0.25, -0.2) is 0 Å². The van der Waals surface area contributed by atoms with Gasteiger partial charge in [0, 0.05) is 13.1 Å². The molecule has 0 aromatic heterocycles. The molecule has 0 radical (unpaired) electrons. The molecule has 0 saturated carbocycles. The number of rotatable bonds is 13.